The zero-order chi connectivity index (χ0) is 13.2. The summed E-state index contributed by atoms with van der Waals surface area (Å²) in [5.41, 5.74) is 0.852. The Morgan fingerprint density at radius 3 is 2.83 bits per heavy atom. The minimum atomic E-state index is -0.479. The first-order valence-corrected chi connectivity index (χ1v) is 7.43. The maximum absolute atomic E-state index is 10.5. The molecule has 1 aliphatic heterocycles. The first-order valence-electron chi connectivity index (χ1n) is 6.45. The van der Waals surface area contributed by atoms with E-state index in [1.54, 1.807) is 12.4 Å². The highest BCUT2D eigenvalue weighted by molar-refractivity contribution is 8.00. The average Bonchev–Trinajstić information content (AvgIpc) is 2.76. The van der Waals surface area contributed by atoms with Gasteiger partial charge < -0.3 is 9.84 Å². The van der Waals surface area contributed by atoms with Gasteiger partial charge in [-0.05, 0) is 45.4 Å². The third-order valence-electron chi connectivity index (χ3n) is 3.25. The van der Waals surface area contributed by atoms with E-state index in [-0.39, 0.29) is 10.9 Å². The van der Waals surface area contributed by atoms with Gasteiger partial charge in [-0.25, -0.2) is 0 Å². The van der Waals surface area contributed by atoms with Crippen molar-refractivity contribution in [1.82, 2.24) is 4.98 Å². The van der Waals surface area contributed by atoms with E-state index < -0.39 is 6.10 Å². The number of aliphatic hydroxyl groups excluding tert-OH is 1. The number of rotatable bonds is 4. The summed E-state index contributed by atoms with van der Waals surface area (Å²) in [7, 11) is 0. The summed E-state index contributed by atoms with van der Waals surface area (Å²) in [5, 5.41) is 10.5. The smallest absolute Gasteiger partial charge is 0.138 e. The van der Waals surface area contributed by atoms with Crippen LogP contribution in [-0.2, 0) is 0 Å². The van der Waals surface area contributed by atoms with Crippen LogP contribution in [0, 0.1) is 0 Å². The lowest BCUT2D eigenvalue weighted by atomic mass is 9.94. The number of thioether (sulfide) groups is 1. The van der Waals surface area contributed by atoms with E-state index in [4.69, 9.17) is 4.74 Å². The van der Waals surface area contributed by atoms with Gasteiger partial charge in [-0.2, -0.15) is 11.8 Å². The highest BCUT2D eigenvalue weighted by atomic mass is 32.2. The first-order chi connectivity index (χ1) is 8.51. The number of aromatic nitrogens is 1. The van der Waals surface area contributed by atoms with Crippen molar-refractivity contribution in [2.24, 2.45) is 0 Å². The number of pyridine rings is 1. The molecule has 0 bridgehead atoms. The van der Waals surface area contributed by atoms with Gasteiger partial charge in [0, 0.05) is 16.5 Å². The molecule has 0 radical (unpaired) electrons. The molecule has 1 aromatic rings. The molecule has 2 heterocycles. The predicted octanol–water partition coefficient (Wildman–Crippen LogP) is 3.19. The molecule has 2 atom stereocenters. The van der Waals surface area contributed by atoms with Crippen LogP contribution in [0.25, 0.3) is 0 Å². The lowest BCUT2D eigenvalue weighted by Crippen LogP contribution is -2.26. The maximum atomic E-state index is 10.5. The summed E-state index contributed by atoms with van der Waals surface area (Å²) in [4.78, 5) is 4.17. The van der Waals surface area contributed by atoms with E-state index >= 15 is 0 Å². The fourth-order valence-electron chi connectivity index (χ4n) is 2.29. The van der Waals surface area contributed by atoms with Crippen LogP contribution in [0.4, 0.5) is 0 Å². The van der Waals surface area contributed by atoms with E-state index in [1.165, 1.54) is 6.42 Å². The number of nitrogens with zero attached hydrogens (tertiary/aromatic N) is 1. The fourth-order valence-corrected chi connectivity index (χ4v) is 3.63. The zero-order valence-corrected chi connectivity index (χ0v) is 12.0. The van der Waals surface area contributed by atoms with Gasteiger partial charge in [0.1, 0.15) is 5.75 Å². The maximum Gasteiger partial charge on any atom is 0.138 e. The Kier molecular flexibility index (Phi) is 4.17. The minimum absolute atomic E-state index is 0.0852. The number of aliphatic hydroxyl groups is 1. The second-order valence-electron chi connectivity index (χ2n) is 5.29. The largest absolute Gasteiger partial charge is 0.489 e. The van der Waals surface area contributed by atoms with Crippen molar-refractivity contribution < 1.29 is 9.84 Å². The van der Waals surface area contributed by atoms with Crippen LogP contribution in [0.2, 0.25) is 0 Å². The first kappa shape index (κ1) is 13.7. The summed E-state index contributed by atoms with van der Waals surface area (Å²) in [6.45, 7) is 6.10. The Labute approximate surface area is 113 Å². The molecular weight excluding hydrogens is 246 g/mol. The molecule has 100 valence electrons. The molecule has 2 unspecified atom stereocenters. The van der Waals surface area contributed by atoms with E-state index in [0.29, 0.717) is 0 Å². The van der Waals surface area contributed by atoms with E-state index in [2.05, 4.69) is 11.9 Å². The van der Waals surface area contributed by atoms with Crippen LogP contribution in [0.3, 0.4) is 0 Å². The van der Waals surface area contributed by atoms with Crippen LogP contribution in [0.1, 0.15) is 45.3 Å². The van der Waals surface area contributed by atoms with Gasteiger partial charge in [-0.15, -0.1) is 0 Å². The SMILES string of the molecule is CC(C)Oc1cncc(C(O)C2(C)CCCS2)c1. The Balaban J connectivity index is 2.17. The molecule has 0 aliphatic carbocycles. The summed E-state index contributed by atoms with van der Waals surface area (Å²) in [6, 6.07) is 1.90. The van der Waals surface area contributed by atoms with Crippen molar-refractivity contribution in [2.75, 3.05) is 5.75 Å². The second kappa shape index (κ2) is 5.49. The molecule has 4 heteroatoms. The Hall–Kier alpha value is -0.740. The molecule has 0 aromatic carbocycles. The van der Waals surface area contributed by atoms with Gasteiger partial charge in [-0.3, -0.25) is 4.98 Å². The number of hydrogen-bond acceptors (Lipinski definition) is 4. The number of ether oxygens (including phenoxy) is 1. The van der Waals surface area contributed by atoms with Crippen molar-refractivity contribution in [1.29, 1.82) is 0 Å². The molecule has 1 N–H and O–H groups in total. The Bertz CT molecular complexity index is 403. The summed E-state index contributed by atoms with van der Waals surface area (Å²) >= 11 is 1.85. The van der Waals surface area contributed by atoms with Crippen LogP contribution in [0.5, 0.6) is 5.75 Å². The van der Waals surface area contributed by atoms with Crippen molar-refractivity contribution >= 4 is 11.8 Å². The molecule has 0 saturated carbocycles. The van der Waals surface area contributed by atoms with E-state index in [0.717, 1.165) is 23.5 Å². The average molecular weight is 267 g/mol. The predicted molar refractivity (Wildman–Crippen MR) is 75.1 cm³/mol. The zero-order valence-electron chi connectivity index (χ0n) is 11.2. The van der Waals surface area contributed by atoms with Crippen LogP contribution in [-0.4, -0.2) is 26.7 Å². The normalized spacial score (nSPS) is 25.4. The Morgan fingerprint density at radius 2 is 2.22 bits per heavy atom. The highest BCUT2D eigenvalue weighted by Crippen LogP contribution is 2.46. The molecule has 1 saturated heterocycles. The molecule has 0 spiro atoms. The van der Waals surface area contributed by atoms with Crippen molar-refractivity contribution in [2.45, 2.75) is 50.6 Å². The number of hydrogen-bond donors (Lipinski definition) is 1. The van der Waals surface area contributed by atoms with Gasteiger partial charge in [0.2, 0.25) is 0 Å². The van der Waals surface area contributed by atoms with Crippen LogP contribution >= 0.6 is 11.8 Å². The van der Waals surface area contributed by atoms with Gasteiger partial charge in [-0.1, -0.05) is 0 Å². The van der Waals surface area contributed by atoms with Crippen molar-refractivity contribution in [3.05, 3.63) is 24.0 Å². The van der Waals surface area contributed by atoms with E-state index in [1.807, 2.05) is 31.7 Å². The second-order valence-corrected chi connectivity index (χ2v) is 6.92. The fraction of sp³-hybridized carbons (Fsp3) is 0.643. The Morgan fingerprint density at radius 1 is 1.44 bits per heavy atom. The van der Waals surface area contributed by atoms with Gasteiger partial charge in [0.05, 0.1) is 18.4 Å². The molecule has 18 heavy (non-hydrogen) atoms. The third kappa shape index (κ3) is 2.98. The van der Waals surface area contributed by atoms with Crippen molar-refractivity contribution in [3.63, 3.8) is 0 Å². The topological polar surface area (TPSA) is 42.4 Å². The molecular formula is C14H21NO2S. The van der Waals surface area contributed by atoms with Gasteiger partial charge in [0.15, 0.2) is 0 Å². The highest BCUT2D eigenvalue weighted by Gasteiger charge is 2.38. The summed E-state index contributed by atoms with van der Waals surface area (Å²) in [6.07, 6.45) is 5.30. The lowest BCUT2D eigenvalue weighted by molar-refractivity contribution is 0.134. The quantitative estimate of drug-likeness (QED) is 0.909. The summed E-state index contributed by atoms with van der Waals surface area (Å²) in [5.74, 6) is 1.86. The molecule has 0 amide bonds. The lowest BCUT2D eigenvalue weighted by Gasteiger charge is -2.29. The van der Waals surface area contributed by atoms with E-state index in [9.17, 15) is 5.11 Å². The third-order valence-corrected chi connectivity index (χ3v) is 4.83. The standard InChI is InChI=1S/C14H21NO2S/c1-10(2)17-12-7-11(8-15-9-12)13(16)14(3)5-4-6-18-14/h7-10,13,16H,4-6H2,1-3H3. The monoisotopic (exact) mass is 267 g/mol. The van der Waals surface area contributed by atoms with Gasteiger partial charge in [0.25, 0.3) is 0 Å². The molecule has 1 fully saturated rings. The van der Waals surface area contributed by atoms with Crippen LogP contribution < -0.4 is 4.74 Å². The van der Waals surface area contributed by atoms with Gasteiger partial charge >= 0.3 is 0 Å². The van der Waals surface area contributed by atoms with Crippen LogP contribution in [0.15, 0.2) is 18.5 Å². The summed E-state index contributed by atoms with van der Waals surface area (Å²) < 4.78 is 5.53. The molecule has 1 aromatic heterocycles. The van der Waals surface area contributed by atoms with Crippen molar-refractivity contribution in [3.8, 4) is 5.75 Å². The molecule has 3 nitrogen and oxygen atoms in total. The molecule has 1 aliphatic rings. The minimum Gasteiger partial charge on any atom is -0.489 e. The molecule has 2 rings (SSSR count).